The van der Waals surface area contributed by atoms with Gasteiger partial charge in [0.25, 0.3) is 0 Å². The molecule has 1 rings (SSSR count). The van der Waals surface area contributed by atoms with Crippen LogP contribution >= 0.6 is 0 Å². The van der Waals surface area contributed by atoms with Crippen molar-refractivity contribution in [3.63, 3.8) is 0 Å². The van der Waals surface area contributed by atoms with Crippen molar-refractivity contribution in [3.8, 4) is 5.75 Å². The van der Waals surface area contributed by atoms with Gasteiger partial charge in [-0.3, -0.25) is 4.72 Å². The second-order valence-electron chi connectivity index (χ2n) is 4.11. The van der Waals surface area contributed by atoms with Gasteiger partial charge in [0.2, 0.25) is 0 Å². The van der Waals surface area contributed by atoms with Gasteiger partial charge in [0.1, 0.15) is 0 Å². The van der Waals surface area contributed by atoms with Crippen molar-refractivity contribution >= 4 is 15.9 Å². The molecular weight excluding hydrogens is 311 g/mol. The van der Waals surface area contributed by atoms with Crippen molar-refractivity contribution in [3.05, 3.63) is 24.3 Å². The van der Waals surface area contributed by atoms with E-state index < -0.39 is 22.3 Å². The molecule has 0 heterocycles. The highest BCUT2D eigenvalue weighted by atomic mass is 32.2. The molecule has 21 heavy (non-hydrogen) atoms. The topological polar surface area (TPSA) is 84.7 Å². The Kier molecular flexibility index (Phi) is 5.81. The normalized spacial score (nSPS) is 12.5. The largest absolute Gasteiger partial charge is 0.573 e. The molecule has 0 saturated heterocycles. The molecule has 0 aromatic heterocycles. The molecule has 0 bridgehead atoms. The van der Waals surface area contributed by atoms with Crippen LogP contribution in [0.25, 0.3) is 0 Å². The lowest BCUT2D eigenvalue weighted by Crippen LogP contribution is -2.34. The SMILES string of the molecule is CN(CCCN)S(=O)(=O)Nc1ccccc1OC(F)(F)F. The number of anilines is 1. The Morgan fingerprint density at radius 3 is 2.52 bits per heavy atom. The fourth-order valence-electron chi connectivity index (χ4n) is 1.42. The maximum Gasteiger partial charge on any atom is 0.573 e. The molecule has 0 atom stereocenters. The van der Waals surface area contributed by atoms with E-state index in [2.05, 4.69) is 9.46 Å². The Morgan fingerprint density at radius 2 is 1.95 bits per heavy atom. The Morgan fingerprint density at radius 1 is 1.33 bits per heavy atom. The summed E-state index contributed by atoms with van der Waals surface area (Å²) in [5, 5.41) is 0. The molecule has 3 N–H and O–H groups in total. The fourth-order valence-corrected chi connectivity index (χ4v) is 2.39. The third-order valence-corrected chi connectivity index (χ3v) is 3.92. The summed E-state index contributed by atoms with van der Waals surface area (Å²) in [6.07, 6.45) is -4.48. The summed E-state index contributed by atoms with van der Waals surface area (Å²) in [4.78, 5) is 0. The van der Waals surface area contributed by atoms with Gasteiger partial charge >= 0.3 is 16.6 Å². The molecule has 0 spiro atoms. The van der Waals surface area contributed by atoms with Crippen LogP contribution in [-0.4, -0.2) is 39.2 Å². The van der Waals surface area contributed by atoms with Crippen molar-refractivity contribution in [2.45, 2.75) is 12.8 Å². The molecule has 6 nitrogen and oxygen atoms in total. The third-order valence-electron chi connectivity index (χ3n) is 2.44. The number of ether oxygens (including phenoxy) is 1. The van der Waals surface area contributed by atoms with Gasteiger partial charge in [-0.15, -0.1) is 13.2 Å². The number of para-hydroxylation sites is 2. The molecule has 0 aliphatic heterocycles. The first-order chi connectivity index (χ1) is 9.65. The minimum atomic E-state index is -4.91. The van der Waals surface area contributed by atoms with Crippen LogP contribution in [0.3, 0.4) is 0 Å². The number of hydrogen-bond acceptors (Lipinski definition) is 4. The van der Waals surface area contributed by atoms with Crippen molar-refractivity contribution in [1.82, 2.24) is 4.31 Å². The highest BCUT2D eigenvalue weighted by molar-refractivity contribution is 7.90. The zero-order valence-corrected chi connectivity index (χ0v) is 12.0. The lowest BCUT2D eigenvalue weighted by molar-refractivity contribution is -0.274. The summed E-state index contributed by atoms with van der Waals surface area (Å²) < 4.78 is 67.5. The van der Waals surface area contributed by atoms with Crippen LogP contribution in [0.4, 0.5) is 18.9 Å². The first-order valence-corrected chi connectivity index (χ1v) is 7.38. The highest BCUT2D eigenvalue weighted by Crippen LogP contribution is 2.30. The van der Waals surface area contributed by atoms with Gasteiger partial charge in [-0.2, -0.15) is 12.7 Å². The number of nitrogens with two attached hydrogens (primary N) is 1. The van der Waals surface area contributed by atoms with Crippen molar-refractivity contribution in [2.24, 2.45) is 5.73 Å². The van der Waals surface area contributed by atoms with Crippen LogP contribution in [-0.2, 0) is 10.2 Å². The van der Waals surface area contributed by atoms with Crippen LogP contribution in [0, 0.1) is 0 Å². The molecule has 0 unspecified atom stereocenters. The number of nitrogens with zero attached hydrogens (tertiary/aromatic N) is 1. The smallest absolute Gasteiger partial charge is 0.404 e. The summed E-state index contributed by atoms with van der Waals surface area (Å²) in [5.41, 5.74) is 4.98. The quantitative estimate of drug-likeness (QED) is 0.795. The van der Waals surface area contributed by atoms with E-state index in [1.807, 2.05) is 0 Å². The first kappa shape index (κ1) is 17.5. The molecule has 10 heteroatoms. The van der Waals surface area contributed by atoms with E-state index in [1.165, 1.54) is 25.2 Å². The molecule has 0 fully saturated rings. The fraction of sp³-hybridized carbons (Fsp3) is 0.455. The van der Waals surface area contributed by atoms with E-state index in [0.717, 1.165) is 10.4 Å². The summed E-state index contributed by atoms with van der Waals surface area (Å²) in [6, 6.07) is 4.89. The Hall–Kier alpha value is -1.52. The van der Waals surface area contributed by atoms with Crippen LogP contribution in [0.5, 0.6) is 5.75 Å². The van der Waals surface area contributed by atoms with E-state index in [4.69, 9.17) is 5.73 Å². The zero-order valence-electron chi connectivity index (χ0n) is 11.2. The van der Waals surface area contributed by atoms with Crippen LogP contribution in [0.15, 0.2) is 24.3 Å². The van der Waals surface area contributed by atoms with Crippen LogP contribution in [0.1, 0.15) is 6.42 Å². The van der Waals surface area contributed by atoms with E-state index in [0.29, 0.717) is 13.0 Å². The maximum absolute atomic E-state index is 12.3. The van der Waals surface area contributed by atoms with Crippen LogP contribution < -0.4 is 15.2 Å². The number of benzene rings is 1. The average molecular weight is 327 g/mol. The van der Waals surface area contributed by atoms with Gasteiger partial charge in [-0.1, -0.05) is 12.1 Å². The summed E-state index contributed by atoms with van der Waals surface area (Å²) in [6.45, 7) is 0.446. The second-order valence-corrected chi connectivity index (χ2v) is 5.89. The minimum Gasteiger partial charge on any atom is -0.404 e. The summed E-state index contributed by atoms with van der Waals surface area (Å²) in [5.74, 6) is -0.624. The molecule has 1 aromatic carbocycles. The second kappa shape index (κ2) is 6.96. The summed E-state index contributed by atoms with van der Waals surface area (Å²) in [7, 11) is -2.69. The minimum absolute atomic E-state index is 0.147. The molecule has 120 valence electrons. The number of rotatable bonds is 7. The molecule has 0 amide bonds. The first-order valence-electron chi connectivity index (χ1n) is 5.94. The zero-order chi connectivity index (χ0) is 16.1. The van der Waals surface area contributed by atoms with Crippen LogP contribution in [0.2, 0.25) is 0 Å². The highest BCUT2D eigenvalue weighted by Gasteiger charge is 2.32. The van der Waals surface area contributed by atoms with Crippen molar-refractivity contribution in [2.75, 3.05) is 24.9 Å². The average Bonchev–Trinajstić information content (AvgIpc) is 2.36. The third kappa shape index (κ3) is 5.78. The van der Waals surface area contributed by atoms with Gasteiger partial charge in [0.15, 0.2) is 5.75 Å². The lowest BCUT2D eigenvalue weighted by atomic mass is 10.3. The monoisotopic (exact) mass is 327 g/mol. The summed E-state index contributed by atoms with van der Waals surface area (Å²) >= 11 is 0. The Balaban J connectivity index is 2.92. The van der Waals surface area contributed by atoms with Gasteiger partial charge in [-0.25, -0.2) is 0 Å². The Bertz CT molecular complexity index is 563. The van der Waals surface area contributed by atoms with E-state index >= 15 is 0 Å². The van der Waals surface area contributed by atoms with Gasteiger partial charge < -0.3 is 10.5 Å². The predicted octanol–water partition coefficient (Wildman–Crippen LogP) is 1.52. The Labute approximate surface area is 120 Å². The number of halogens is 3. The molecule has 1 aromatic rings. The van der Waals surface area contributed by atoms with Gasteiger partial charge in [0.05, 0.1) is 5.69 Å². The van der Waals surface area contributed by atoms with E-state index in [1.54, 1.807) is 0 Å². The molecule has 0 radical (unpaired) electrons. The molecule has 0 saturated carbocycles. The van der Waals surface area contributed by atoms with Crippen molar-refractivity contribution < 1.29 is 26.3 Å². The van der Waals surface area contributed by atoms with Crippen molar-refractivity contribution in [1.29, 1.82) is 0 Å². The number of nitrogens with one attached hydrogen (secondary N) is 1. The number of alkyl halides is 3. The molecule has 0 aliphatic rings. The van der Waals surface area contributed by atoms with E-state index in [9.17, 15) is 21.6 Å². The molecular formula is C11H16F3N3O3S. The van der Waals surface area contributed by atoms with E-state index in [-0.39, 0.29) is 12.2 Å². The number of hydrogen-bond donors (Lipinski definition) is 2. The predicted molar refractivity (Wildman–Crippen MR) is 72.0 cm³/mol. The standard InChI is InChI=1S/C11H16F3N3O3S/c1-17(8-4-7-15)21(18,19)16-9-5-2-3-6-10(9)20-11(12,13)14/h2-3,5-6,16H,4,7-8,15H2,1H3. The van der Waals surface area contributed by atoms with Gasteiger partial charge in [-0.05, 0) is 25.1 Å². The lowest BCUT2D eigenvalue weighted by Gasteiger charge is -2.19. The maximum atomic E-state index is 12.3. The van der Waals surface area contributed by atoms with Gasteiger partial charge in [0, 0.05) is 13.6 Å². The molecule has 0 aliphatic carbocycles.